The van der Waals surface area contributed by atoms with Gasteiger partial charge in [0.25, 0.3) is 0 Å². The fraction of sp³-hybridized carbons (Fsp3) is 0.962. The summed E-state index contributed by atoms with van der Waals surface area (Å²) in [4.78, 5) is 24.1. The third-order valence-electron chi connectivity index (χ3n) is 11.9. The van der Waals surface area contributed by atoms with Gasteiger partial charge in [-0.05, 0) is 50.0 Å². The van der Waals surface area contributed by atoms with Crippen LogP contribution >= 0.6 is 11.8 Å². The molecule has 0 aromatic rings. The molecule has 0 amide bonds. The van der Waals surface area contributed by atoms with Crippen LogP contribution in [0, 0.1) is 0 Å². The van der Waals surface area contributed by atoms with E-state index in [0.717, 1.165) is 38.5 Å². The highest BCUT2D eigenvalue weighted by molar-refractivity contribution is 7.99. The van der Waals surface area contributed by atoms with E-state index in [1.165, 1.54) is 243 Å². The molecule has 0 saturated carbocycles. The van der Waals surface area contributed by atoms with Gasteiger partial charge in [-0.2, -0.15) is 11.8 Å². The molecule has 0 aliphatic rings. The van der Waals surface area contributed by atoms with Crippen LogP contribution in [0.3, 0.4) is 0 Å². The molecule has 0 bridgehead atoms. The molecule has 0 aliphatic heterocycles. The predicted molar refractivity (Wildman–Crippen MR) is 254 cm³/mol. The van der Waals surface area contributed by atoms with Gasteiger partial charge in [0, 0.05) is 12.8 Å². The highest BCUT2D eigenvalue weighted by Gasteiger charge is 2.04. The fourth-order valence-corrected chi connectivity index (χ4v) is 8.95. The molecule has 0 unspecified atom stereocenters. The van der Waals surface area contributed by atoms with Crippen molar-refractivity contribution in [3.63, 3.8) is 0 Å². The summed E-state index contributed by atoms with van der Waals surface area (Å²) in [5.74, 6) is 2.64. The smallest absolute Gasteiger partial charge is 0.305 e. The van der Waals surface area contributed by atoms with E-state index in [1.807, 2.05) is 0 Å². The number of thioether (sulfide) groups is 1. The van der Waals surface area contributed by atoms with E-state index in [1.54, 1.807) is 0 Å². The zero-order valence-electron chi connectivity index (χ0n) is 39.0. The Labute approximate surface area is 362 Å². The number of carbonyl (C=O) groups excluding carboxylic acids is 2. The van der Waals surface area contributed by atoms with Crippen molar-refractivity contribution in [2.45, 2.75) is 296 Å². The van der Waals surface area contributed by atoms with Gasteiger partial charge in [-0.3, -0.25) is 9.59 Å². The number of ether oxygens (including phenoxy) is 2. The zero-order valence-corrected chi connectivity index (χ0v) is 39.8. The molecule has 0 aromatic carbocycles. The van der Waals surface area contributed by atoms with Crippen molar-refractivity contribution in [2.75, 3.05) is 24.7 Å². The molecule has 0 radical (unpaired) electrons. The first-order valence-electron chi connectivity index (χ1n) is 26.1. The number of esters is 2. The molecule has 0 rings (SSSR count). The number of hydrogen-bond acceptors (Lipinski definition) is 5. The molecule has 0 aliphatic carbocycles. The summed E-state index contributed by atoms with van der Waals surface area (Å²) in [6.45, 7) is 5.81. The fourth-order valence-electron chi connectivity index (χ4n) is 7.93. The zero-order chi connectivity index (χ0) is 41.2. The molecule has 0 spiro atoms. The first-order chi connectivity index (χ1) is 28.2. The van der Waals surface area contributed by atoms with Gasteiger partial charge in [-0.1, -0.05) is 245 Å². The van der Waals surface area contributed by atoms with Crippen LogP contribution < -0.4 is 0 Å². The topological polar surface area (TPSA) is 52.6 Å². The third kappa shape index (κ3) is 51.4. The van der Waals surface area contributed by atoms with Gasteiger partial charge in [0.2, 0.25) is 0 Å². The SMILES string of the molecule is CCCCCCCCCCCCCCCCOC(=O)CCCCCCCCCSCCCCCCCCCC(=O)OCCCCCCCCCCCCCCCC. The molecule has 57 heavy (non-hydrogen) atoms. The summed E-state index contributed by atoms with van der Waals surface area (Å²) in [6, 6.07) is 0. The Morgan fingerprint density at radius 2 is 0.491 bits per heavy atom. The Morgan fingerprint density at radius 3 is 0.754 bits per heavy atom. The molecule has 0 atom stereocenters. The van der Waals surface area contributed by atoms with E-state index in [2.05, 4.69) is 25.6 Å². The minimum atomic E-state index is 0.0148. The minimum Gasteiger partial charge on any atom is -0.466 e. The maximum Gasteiger partial charge on any atom is 0.305 e. The molecule has 0 N–H and O–H groups in total. The summed E-state index contributed by atoms with van der Waals surface area (Å²) in [6.07, 6.45) is 56.6. The van der Waals surface area contributed by atoms with Crippen molar-refractivity contribution in [3.8, 4) is 0 Å². The van der Waals surface area contributed by atoms with Crippen LogP contribution in [0.15, 0.2) is 0 Å². The molecule has 0 aromatic heterocycles. The highest BCUT2D eigenvalue weighted by Crippen LogP contribution is 2.17. The van der Waals surface area contributed by atoms with Crippen molar-refractivity contribution in [1.29, 1.82) is 0 Å². The number of carbonyl (C=O) groups is 2. The highest BCUT2D eigenvalue weighted by atomic mass is 32.2. The van der Waals surface area contributed by atoms with Gasteiger partial charge >= 0.3 is 11.9 Å². The van der Waals surface area contributed by atoms with Gasteiger partial charge in [0.1, 0.15) is 0 Å². The molecule has 4 nitrogen and oxygen atoms in total. The second-order valence-electron chi connectivity index (χ2n) is 17.7. The number of unbranched alkanes of at least 4 members (excludes halogenated alkanes) is 38. The van der Waals surface area contributed by atoms with E-state index in [9.17, 15) is 9.59 Å². The first kappa shape index (κ1) is 56.3. The standard InChI is InChI=1S/C52H102O4S/c1-3-5-7-9-11-13-15-17-19-21-23-29-35-41-47-55-51(53)45-39-33-27-25-31-37-43-49-57-50-44-38-32-26-28-34-40-46-52(54)56-48-42-36-30-24-22-20-18-16-14-12-10-8-6-4-2/h3-50H2,1-2H3. The lowest BCUT2D eigenvalue weighted by Gasteiger charge is -2.06. The van der Waals surface area contributed by atoms with Crippen LogP contribution in [0.2, 0.25) is 0 Å². The molecule has 0 fully saturated rings. The van der Waals surface area contributed by atoms with Crippen LogP contribution in [0.4, 0.5) is 0 Å². The second-order valence-corrected chi connectivity index (χ2v) is 18.9. The summed E-state index contributed by atoms with van der Waals surface area (Å²) >= 11 is 2.14. The largest absolute Gasteiger partial charge is 0.466 e. The average molecular weight is 823 g/mol. The average Bonchev–Trinajstić information content (AvgIpc) is 3.21. The van der Waals surface area contributed by atoms with Crippen molar-refractivity contribution in [2.24, 2.45) is 0 Å². The third-order valence-corrected chi connectivity index (χ3v) is 13.0. The number of hydrogen-bond donors (Lipinski definition) is 0. The lowest BCUT2D eigenvalue weighted by Crippen LogP contribution is -2.05. The van der Waals surface area contributed by atoms with Gasteiger partial charge in [-0.25, -0.2) is 0 Å². The molecular formula is C52H102O4S. The van der Waals surface area contributed by atoms with E-state index in [-0.39, 0.29) is 11.9 Å². The van der Waals surface area contributed by atoms with E-state index in [4.69, 9.17) is 9.47 Å². The predicted octanol–water partition coefficient (Wildman–Crippen LogP) is 18.0. The van der Waals surface area contributed by atoms with Crippen molar-refractivity contribution in [3.05, 3.63) is 0 Å². The molecule has 5 heteroatoms. The quantitative estimate of drug-likeness (QED) is 0.0452. The Kier molecular flexibility index (Phi) is 50.8. The lowest BCUT2D eigenvalue weighted by molar-refractivity contribution is -0.144. The van der Waals surface area contributed by atoms with Crippen LogP contribution in [0.5, 0.6) is 0 Å². The monoisotopic (exact) mass is 823 g/mol. The summed E-state index contributed by atoms with van der Waals surface area (Å²) < 4.78 is 10.9. The van der Waals surface area contributed by atoms with Crippen LogP contribution in [0.25, 0.3) is 0 Å². The van der Waals surface area contributed by atoms with Crippen molar-refractivity contribution in [1.82, 2.24) is 0 Å². The van der Waals surface area contributed by atoms with E-state index >= 15 is 0 Å². The van der Waals surface area contributed by atoms with Gasteiger partial charge in [0.15, 0.2) is 0 Å². The molecule has 0 heterocycles. The van der Waals surface area contributed by atoms with Gasteiger partial charge in [-0.15, -0.1) is 0 Å². The second kappa shape index (κ2) is 51.4. The number of rotatable bonds is 50. The molecule has 340 valence electrons. The normalized spacial score (nSPS) is 11.4. The van der Waals surface area contributed by atoms with Gasteiger partial charge in [0.05, 0.1) is 13.2 Å². The van der Waals surface area contributed by atoms with E-state index < -0.39 is 0 Å². The minimum absolute atomic E-state index is 0.0148. The van der Waals surface area contributed by atoms with Gasteiger partial charge < -0.3 is 9.47 Å². The van der Waals surface area contributed by atoms with E-state index in [0.29, 0.717) is 26.1 Å². The Morgan fingerprint density at radius 1 is 0.281 bits per heavy atom. The molecular weight excluding hydrogens is 721 g/mol. The maximum atomic E-state index is 12.0. The Hall–Kier alpha value is -0.710. The molecule has 0 saturated heterocycles. The lowest BCUT2D eigenvalue weighted by atomic mass is 10.0. The first-order valence-corrected chi connectivity index (χ1v) is 27.2. The Bertz CT molecular complexity index is 711. The Balaban J connectivity index is 3.20. The summed E-state index contributed by atoms with van der Waals surface area (Å²) in [5.41, 5.74) is 0. The maximum absolute atomic E-state index is 12.0. The van der Waals surface area contributed by atoms with Crippen molar-refractivity contribution < 1.29 is 19.1 Å². The van der Waals surface area contributed by atoms with Crippen LogP contribution in [-0.4, -0.2) is 36.7 Å². The van der Waals surface area contributed by atoms with Crippen LogP contribution in [-0.2, 0) is 19.1 Å². The van der Waals surface area contributed by atoms with Crippen molar-refractivity contribution >= 4 is 23.7 Å². The summed E-state index contributed by atoms with van der Waals surface area (Å²) in [7, 11) is 0. The van der Waals surface area contributed by atoms with Crippen LogP contribution in [0.1, 0.15) is 296 Å². The summed E-state index contributed by atoms with van der Waals surface area (Å²) in [5, 5.41) is 0.